The maximum absolute atomic E-state index is 13.5. The summed E-state index contributed by atoms with van der Waals surface area (Å²) in [5.41, 5.74) is 6.76. The Morgan fingerprint density at radius 3 is 2.48 bits per heavy atom. The number of unbranched alkanes of at least 4 members (excludes halogenated alkanes) is 3. The molecule has 7 heteroatoms. The number of aromatic nitrogens is 2. The molecule has 0 aliphatic carbocycles. The van der Waals surface area contributed by atoms with E-state index in [1.165, 1.54) is 0 Å². The second kappa shape index (κ2) is 12.3. The Morgan fingerprint density at radius 1 is 1.06 bits per heavy atom. The zero-order chi connectivity index (χ0) is 23.6. The highest BCUT2D eigenvalue weighted by atomic mass is 16.5. The highest BCUT2D eigenvalue weighted by Gasteiger charge is 2.26. The van der Waals surface area contributed by atoms with Gasteiger partial charge < -0.3 is 15.4 Å². The molecular formula is C26H34N4O3. The maximum atomic E-state index is 13.5. The summed E-state index contributed by atoms with van der Waals surface area (Å²) >= 11 is 0. The fraction of sp³-hybridized carbons (Fsp3) is 0.423. The monoisotopic (exact) mass is 450 g/mol. The summed E-state index contributed by atoms with van der Waals surface area (Å²) in [6.45, 7) is 3.95. The van der Waals surface area contributed by atoms with Crippen LogP contribution in [0.1, 0.15) is 54.8 Å². The van der Waals surface area contributed by atoms with Crippen LogP contribution in [0, 0.1) is 0 Å². The number of hydrogen-bond acceptors (Lipinski definition) is 5. The first-order chi connectivity index (χ1) is 16.1. The number of para-hydroxylation sites is 1. The van der Waals surface area contributed by atoms with Gasteiger partial charge in [-0.15, -0.1) is 0 Å². The van der Waals surface area contributed by atoms with Crippen molar-refractivity contribution in [2.24, 2.45) is 5.73 Å². The van der Waals surface area contributed by atoms with Crippen LogP contribution in [0.5, 0.6) is 0 Å². The van der Waals surface area contributed by atoms with Crippen molar-refractivity contribution in [3.8, 4) is 0 Å². The van der Waals surface area contributed by atoms with Crippen molar-refractivity contribution >= 4 is 16.8 Å². The van der Waals surface area contributed by atoms with Gasteiger partial charge in [-0.25, -0.2) is 4.98 Å². The van der Waals surface area contributed by atoms with E-state index in [0.29, 0.717) is 48.5 Å². The first-order valence-electron chi connectivity index (χ1n) is 11.6. The maximum Gasteiger partial charge on any atom is 0.261 e. The number of nitrogens with two attached hydrogens (primary N) is 1. The van der Waals surface area contributed by atoms with E-state index in [2.05, 4.69) is 0 Å². The lowest BCUT2D eigenvalue weighted by molar-refractivity contribution is 0.0673. The number of ether oxygens (including phenoxy) is 1. The Hall–Kier alpha value is -3.03. The highest BCUT2D eigenvalue weighted by Crippen LogP contribution is 2.23. The van der Waals surface area contributed by atoms with Gasteiger partial charge in [0.2, 0.25) is 0 Å². The van der Waals surface area contributed by atoms with Gasteiger partial charge in [-0.05, 0) is 50.6 Å². The van der Waals surface area contributed by atoms with Crippen molar-refractivity contribution < 1.29 is 9.53 Å². The van der Waals surface area contributed by atoms with Gasteiger partial charge in [0.25, 0.3) is 11.5 Å². The molecule has 0 saturated heterocycles. The number of hydrogen-bond donors (Lipinski definition) is 1. The third-order valence-corrected chi connectivity index (χ3v) is 5.89. The van der Waals surface area contributed by atoms with Gasteiger partial charge in [0.1, 0.15) is 5.82 Å². The van der Waals surface area contributed by atoms with Crippen LogP contribution in [0.15, 0.2) is 59.4 Å². The molecule has 33 heavy (non-hydrogen) atoms. The molecule has 0 saturated carbocycles. The van der Waals surface area contributed by atoms with Crippen molar-refractivity contribution in [2.75, 3.05) is 26.8 Å². The fourth-order valence-corrected chi connectivity index (χ4v) is 4.04. The molecule has 3 rings (SSSR count). The molecule has 0 fully saturated rings. The van der Waals surface area contributed by atoms with Gasteiger partial charge in [-0.3, -0.25) is 14.2 Å². The molecule has 1 amide bonds. The smallest absolute Gasteiger partial charge is 0.261 e. The van der Waals surface area contributed by atoms with E-state index in [1.54, 1.807) is 17.7 Å². The predicted molar refractivity (Wildman–Crippen MR) is 131 cm³/mol. The van der Waals surface area contributed by atoms with E-state index in [1.807, 2.05) is 60.4 Å². The second-order valence-electron chi connectivity index (χ2n) is 8.18. The van der Waals surface area contributed by atoms with E-state index in [4.69, 9.17) is 15.5 Å². The van der Waals surface area contributed by atoms with E-state index in [0.717, 1.165) is 25.7 Å². The third-order valence-electron chi connectivity index (χ3n) is 5.89. The quantitative estimate of drug-likeness (QED) is 0.424. The molecule has 176 valence electrons. The number of carbonyl (C=O) groups excluding carboxylic acids is 1. The minimum atomic E-state index is -0.388. The fourth-order valence-electron chi connectivity index (χ4n) is 4.04. The zero-order valence-electron chi connectivity index (χ0n) is 19.6. The average molecular weight is 451 g/mol. The number of nitrogens with zero attached hydrogens (tertiary/aromatic N) is 3. The molecule has 0 radical (unpaired) electrons. The van der Waals surface area contributed by atoms with Gasteiger partial charge in [0.05, 0.1) is 30.1 Å². The topological polar surface area (TPSA) is 90.4 Å². The molecule has 1 unspecified atom stereocenters. The zero-order valence-corrected chi connectivity index (χ0v) is 19.6. The van der Waals surface area contributed by atoms with Crippen LogP contribution < -0.4 is 11.3 Å². The summed E-state index contributed by atoms with van der Waals surface area (Å²) in [5, 5.41) is 0.562. The van der Waals surface area contributed by atoms with Crippen molar-refractivity contribution in [3.63, 3.8) is 0 Å². The van der Waals surface area contributed by atoms with Crippen LogP contribution in [-0.2, 0) is 11.3 Å². The first-order valence-corrected chi connectivity index (χ1v) is 11.6. The number of methoxy groups -OCH3 is 1. The number of rotatable bonds is 12. The van der Waals surface area contributed by atoms with Crippen LogP contribution in [-0.4, -0.2) is 47.2 Å². The van der Waals surface area contributed by atoms with E-state index >= 15 is 0 Å². The molecule has 0 spiro atoms. The Labute approximate surface area is 195 Å². The SMILES string of the molecule is COCCn1c(C(C)N(CCCCCCN)C(=O)c2ccccc2)nc2ccccc2c1=O. The minimum absolute atomic E-state index is 0.0670. The Bertz CT molecular complexity index is 1100. The summed E-state index contributed by atoms with van der Waals surface area (Å²) in [4.78, 5) is 33.5. The van der Waals surface area contributed by atoms with E-state index < -0.39 is 0 Å². The van der Waals surface area contributed by atoms with Crippen molar-refractivity contribution in [1.82, 2.24) is 14.5 Å². The van der Waals surface area contributed by atoms with Crippen LogP contribution >= 0.6 is 0 Å². The van der Waals surface area contributed by atoms with Crippen LogP contribution in [0.4, 0.5) is 0 Å². The summed E-state index contributed by atoms with van der Waals surface area (Å²) in [6.07, 6.45) is 3.86. The van der Waals surface area contributed by atoms with Gasteiger partial charge in [0.15, 0.2) is 0 Å². The predicted octanol–water partition coefficient (Wildman–Crippen LogP) is 3.77. The summed E-state index contributed by atoms with van der Waals surface area (Å²) < 4.78 is 6.90. The summed E-state index contributed by atoms with van der Waals surface area (Å²) in [7, 11) is 1.61. The molecule has 2 N–H and O–H groups in total. The van der Waals surface area contributed by atoms with E-state index in [-0.39, 0.29) is 17.5 Å². The van der Waals surface area contributed by atoms with Gasteiger partial charge in [-0.1, -0.05) is 43.2 Å². The normalized spacial score (nSPS) is 12.1. The number of fused-ring (bicyclic) bond motifs is 1. The van der Waals surface area contributed by atoms with Crippen LogP contribution in [0.2, 0.25) is 0 Å². The molecule has 0 aliphatic heterocycles. The molecule has 3 aromatic rings. The second-order valence-corrected chi connectivity index (χ2v) is 8.18. The third kappa shape index (κ3) is 6.06. The Kier molecular flexibility index (Phi) is 9.15. The average Bonchev–Trinajstić information content (AvgIpc) is 2.85. The minimum Gasteiger partial charge on any atom is -0.383 e. The molecule has 1 heterocycles. The molecule has 1 aromatic heterocycles. The molecule has 0 aliphatic rings. The van der Waals surface area contributed by atoms with Gasteiger partial charge in [0, 0.05) is 19.2 Å². The summed E-state index contributed by atoms with van der Waals surface area (Å²) in [6, 6.07) is 16.2. The summed E-state index contributed by atoms with van der Waals surface area (Å²) in [5.74, 6) is 0.504. The van der Waals surface area contributed by atoms with Crippen molar-refractivity contribution in [2.45, 2.75) is 45.2 Å². The Morgan fingerprint density at radius 2 is 1.76 bits per heavy atom. The van der Waals surface area contributed by atoms with Crippen LogP contribution in [0.3, 0.4) is 0 Å². The molecule has 7 nitrogen and oxygen atoms in total. The number of carbonyl (C=O) groups is 1. The Balaban J connectivity index is 2.00. The van der Waals surface area contributed by atoms with Gasteiger partial charge in [-0.2, -0.15) is 0 Å². The lowest BCUT2D eigenvalue weighted by Gasteiger charge is -2.31. The highest BCUT2D eigenvalue weighted by molar-refractivity contribution is 5.94. The lowest BCUT2D eigenvalue weighted by Crippen LogP contribution is -2.38. The molecule has 0 bridgehead atoms. The van der Waals surface area contributed by atoms with Crippen molar-refractivity contribution in [3.05, 3.63) is 76.3 Å². The largest absolute Gasteiger partial charge is 0.383 e. The number of amides is 1. The number of benzene rings is 2. The van der Waals surface area contributed by atoms with Crippen LogP contribution in [0.25, 0.3) is 10.9 Å². The molecular weight excluding hydrogens is 416 g/mol. The molecule has 1 atom stereocenters. The van der Waals surface area contributed by atoms with Gasteiger partial charge >= 0.3 is 0 Å². The van der Waals surface area contributed by atoms with E-state index in [9.17, 15) is 9.59 Å². The first kappa shape index (κ1) is 24.6. The van der Waals surface area contributed by atoms with Crippen molar-refractivity contribution in [1.29, 1.82) is 0 Å². The standard InChI is InChI=1S/C26H34N4O3/c1-20(24-28-23-15-9-8-14-22(23)26(32)30(24)18-19-33-2)29(17-11-4-3-10-16-27)25(31)21-12-6-5-7-13-21/h5-9,12-15,20H,3-4,10-11,16-19,27H2,1-2H3. The lowest BCUT2D eigenvalue weighted by atomic mass is 10.1. The molecule has 2 aromatic carbocycles.